The lowest BCUT2D eigenvalue weighted by Crippen LogP contribution is -2.27. The van der Waals surface area contributed by atoms with E-state index in [0.29, 0.717) is 0 Å². The van der Waals surface area contributed by atoms with Gasteiger partial charge in [-0.15, -0.1) is 0 Å². The summed E-state index contributed by atoms with van der Waals surface area (Å²) >= 11 is 0. The van der Waals surface area contributed by atoms with Crippen LogP contribution in [0.15, 0.2) is 12.3 Å². The molecule has 2 heterocycles. The zero-order valence-electron chi connectivity index (χ0n) is 15.7. The molecular weight excluding hydrogens is 408 g/mol. The van der Waals surface area contributed by atoms with Gasteiger partial charge in [-0.25, -0.2) is 14.8 Å². The second-order valence-electron chi connectivity index (χ2n) is 6.98. The Hall–Kier alpha value is -2.86. The first-order valence-corrected chi connectivity index (χ1v) is 8.11. The number of carbonyl (C=O) groups excluding carboxylic acids is 1. The number of ether oxygens (including phenoxy) is 1. The van der Waals surface area contributed by atoms with E-state index in [1.165, 1.54) is 6.92 Å². The van der Waals surface area contributed by atoms with Crippen molar-refractivity contribution in [1.29, 1.82) is 0 Å². The zero-order valence-corrected chi connectivity index (χ0v) is 15.7. The first-order valence-electron chi connectivity index (χ1n) is 8.11. The van der Waals surface area contributed by atoms with Crippen molar-refractivity contribution < 1.29 is 35.9 Å². The third-order valence-electron chi connectivity index (χ3n) is 3.32. The molecule has 13 heteroatoms. The molecule has 0 aliphatic heterocycles. The first kappa shape index (κ1) is 22.4. The molecule has 2 rings (SSSR count). The molecule has 0 aliphatic rings. The molecule has 1 amide bonds. The van der Waals surface area contributed by atoms with Crippen LogP contribution in [0.4, 0.5) is 36.8 Å². The SMILES string of the molecule is Cc1nc(Cn2nc(C(F)(F)F)cc2C(F)(F)F)ncc1NC(=O)OC(C)(C)C. The van der Waals surface area contributed by atoms with Gasteiger partial charge in [-0.2, -0.15) is 31.4 Å². The van der Waals surface area contributed by atoms with Crippen LogP contribution in [-0.4, -0.2) is 31.4 Å². The number of hydrogen-bond donors (Lipinski definition) is 1. The van der Waals surface area contributed by atoms with Crippen LogP contribution in [0.5, 0.6) is 0 Å². The minimum absolute atomic E-state index is 0.0781. The number of carbonyl (C=O) groups is 1. The van der Waals surface area contributed by atoms with Crippen molar-refractivity contribution in [2.45, 2.75) is 52.2 Å². The van der Waals surface area contributed by atoms with Crippen molar-refractivity contribution in [3.05, 3.63) is 35.2 Å². The fourth-order valence-electron chi connectivity index (χ4n) is 2.17. The van der Waals surface area contributed by atoms with Crippen molar-refractivity contribution >= 4 is 11.8 Å². The summed E-state index contributed by atoms with van der Waals surface area (Å²) in [7, 11) is 0. The highest BCUT2D eigenvalue weighted by Gasteiger charge is 2.42. The van der Waals surface area contributed by atoms with E-state index in [9.17, 15) is 31.1 Å². The Labute approximate surface area is 161 Å². The monoisotopic (exact) mass is 425 g/mol. The van der Waals surface area contributed by atoms with Crippen molar-refractivity contribution in [2.75, 3.05) is 5.32 Å². The largest absolute Gasteiger partial charge is 0.444 e. The highest BCUT2D eigenvalue weighted by molar-refractivity contribution is 5.85. The summed E-state index contributed by atoms with van der Waals surface area (Å²) in [6, 6.07) is -0.0781. The number of halogens is 6. The molecule has 0 radical (unpaired) electrons. The van der Waals surface area contributed by atoms with Gasteiger partial charge in [0.25, 0.3) is 0 Å². The van der Waals surface area contributed by atoms with E-state index in [-0.39, 0.29) is 28.0 Å². The van der Waals surface area contributed by atoms with Crippen LogP contribution in [0.1, 0.15) is 43.7 Å². The molecule has 0 spiro atoms. The van der Waals surface area contributed by atoms with Crippen molar-refractivity contribution in [2.24, 2.45) is 0 Å². The van der Waals surface area contributed by atoms with Gasteiger partial charge in [0.15, 0.2) is 5.69 Å². The Morgan fingerprint density at radius 3 is 2.24 bits per heavy atom. The third kappa shape index (κ3) is 6.06. The minimum Gasteiger partial charge on any atom is -0.444 e. The molecule has 7 nitrogen and oxygen atoms in total. The van der Waals surface area contributed by atoms with Gasteiger partial charge in [-0.3, -0.25) is 10.00 Å². The third-order valence-corrected chi connectivity index (χ3v) is 3.32. The Balaban J connectivity index is 2.26. The summed E-state index contributed by atoms with van der Waals surface area (Å²) in [6.45, 7) is 5.63. The Morgan fingerprint density at radius 1 is 1.14 bits per heavy atom. The van der Waals surface area contributed by atoms with E-state index in [4.69, 9.17) is 4.74 Å². The van der Waals surface area contributed by atoms with Gasteiger partial charge < -0.3 is 4.74 Å². The number of rotatable bonds is 3. The lowest BCUT2D eigenvalue weighted by molar-refractivity contribution is -0.144. The summed E-state index contributed by atoms with van der Waals surface area (Å²) in [6.07, 6.45) is -9.77. The van der Waals surface area contributed by atoms with Gasteiger partial charge >= 0.3 is 18.4 Å². The van der Waals surface area contributed by atoms with E-state index in [1.807, 2.05) is 0 Å². The van der Waals surface area contributed by atoms with Gasteiger partial charge in [-0.1, -0.05) is 0 Å². The van der Waals surface area contributed by atoms with Crippen LogP contribution < -0.4 is 5.32 Å². The van der Waals surface area contributed by atoms with Crippen LogP contribution in [0, 0.1) is 6.92 Å². The summed E-state index contributed by atoms with van der Waals surface area (Å²) in [5, 5.41) is 5.37. The number of aryl methyl sites for hydroxylation is 1. The number of aromatic nitrogens is 4. The second kappa shape index (κ2) is 7.52. The average molecular weight is 425 g/mol. The number of nitrogens with zero attached hydrogens (tertiary/aromatic N) is 4. The molecule has 160 valence electrons. The van der Waals surface area contributed by atoms with Gasteiger partial charge in [0.1, 0.15) is 23.7 Å². The minimum atomic E-state index is -5.05. The van der Waals surface area contributed by atoms with Crippen molar-refractivity contribution in [3.63, 3.8) is 0 Å². The van der Waals surface area contributed by atoms with Gasteiger partial charge in [0.2, 0.25) is 0 Å². The van der Waals surface area contributed by atoms with Gasteiger partial charge in [-0.05, 0) is 27.7 Å². The Morgan fingerprint density at radius 2 is 1.76 bits per heavy atom. The first-order chi connectivity index (χ1) is 13.1. The maximum Gasteiger partial charge on any atom is 0.435 e. The van der Waals surface area contributed by atoms with E-state index in [0.717, 1.165) is 6.20 Å². The number of anilines is 1. The normalized spacial score (nSPS) is 12.8. The molecule has 0 unspecified atom stereocenters. The predicted molar refractivity (Wildman–Crippen MR) is 88.0 cm³/mol. The Kier molecular flexibility index (Phi) is 5.82. The molecule has 2 aromatic heterocycles. The standard InChI is InChI=1S/C16H17F6N5O2/c1-8-9(25-13(28)29-14(2,3)4)6-23-12(24-8)7-27-11(16(20,21)22)5-10(26-27)15(17,18)19/h5-6H,7H2,1-4H3,(H,25,28). The van der Waals surface area contributed by atoms with Crippen LogP contribution in [-0.2, 0) is 23.6 Å². The van der Waals surface area contributed by atoms with Crippen molar-refractivity contribution in [1.82, 2.24) is 19.7 Å². The molecule has 0 saturated carbocycles. The molecular formula is C16H17F6N5O2. The molecule has 1 N–H and O–H groups in total. The number of alkyl halides is 6. The summed E-state index contributed by atoms with van der Waals surface area (Å²) in [4.78, 5) is 19.5. The highest BCUT2D eigenvalue weighted by atomic mass is 19.4. The van der Waals surface area contributed by atoms with E-state index in [1.54, 1.807) is 20.8 Å². The lowest BCUT2D eigenvalue weighted by atomic mass is 10.2. The average Bonchev–Trinajstić information content (AvgIpc) is 2.92. The topological polar surface area (TPSA) is 81.9 Å². The molecule has 0 fully saturated rings. The van der Waals surface area contributed by atoms with Gasteiger partial charge in [0.05, 0.1) is 17.6 Å². The molecule has 0 saturated heterocycles. The number of hydrogen-bond acceptors (Lipinski definition) is 5. The van der Waals surface area contributed by atoms with Crippen LogP contribution in [0.3, 0.4) is 0 Å². The van der Waals surface area contributed by atoms with Crippen LogP contribution >= 0.6 is 0 Å². The fraction of sp³-hybridized carbons (Fsp3) is 0.500. The quantitative estimate of drug-likeness (QED) is 0.737. The zero-order chi connectivity index (χ0) is 22.2. The molecule has 0 atom stereocenters. The molecule has 0 aromatic carbocycles. The van der Waals surface area contributed by atoms with E-state index < -0.39 is 42.0 Å². The summed E-state index contributed by atoms with van der Waals surface area (Å²) in [5.74, 6) is -0.223. The van der Waals surface area contributed by atoms with E-state index in [2.05, 4.69) is 20.4 Å². The second-order valence-corrected chi connectivity index (χ2v) is 6.98. The molecule has 0 bridgehead atoms. The number of nitrogens with one attached hydrogen (secondary N) is 1. The summed E-state index contributed by atoms with van der Waals surface area (Å²) in [5.41, 5.74) is -3.71. The maximum atomic E-state index is 13.0. The summed E-state index contributed by atoms with van der Waals surface area (Å²) < 4.78 is 82.5. The predicted octanol–water partition coefficient (Wildman–Crippen LogP) is 4.41. The molecule has 29 heavy (non-hydrogen) atoms. The van der Waals surface area contributed by atoms with Crippen LogP contribution in [0.2, 0.25) is 0 Å². The number of amides is 1. The maximum absolute atomic E-state index is 13.0. The molecule has 0 aliphatic carbocycles. The smallest absolute Gasteiger partial charge is 0.435 e. The van der Waals surface area contributed by atoms with E-state index >= 15 is 0 Å². The van der Waals surface area contributed by atoms with Crippen LogP contribution in [0.25, 0.3) is 0 Å². The van der Waals surface area contributed by atoms with Crippen molar-refractivity contribution in [3.8, 4) is 0 Å². The molecule has 2 aromatic rings. The van der Waals surface area contributed by atoms with Gasteiger partial charge in [0, 0.05) is 6.07 Å². The lowest BCUT2D eigenvalue weighted by Gasteiger charge is -2.20. The highest BCUT2D eigenvalue weighted by Crippen LogP contribution is 2.35. The fourth-order valence-corrected chi connectivity index (χ4v) is 2.17. The Bertz CT molecular complexity index is 899.